The van der Waals surface area contributed by atoms with Crippen LogP contribution in [0.5, 0.6) is 5.75 Å². The molecule has 166 valence electrons. The SMILES string of the molecule is COc1ccc(C(CNC(=O)CNC(=O)[C@@H](N)C(C)C)N2CCCC2)cc1.Cl.Cl. The first-order valence-corrected chi connectivity index (χ1v) is 9.60. The number of hydrogen-bond donors (Lipinski definition) is 3. The van der Waals surface area contributed by atoms with E-state index in [1.54, 1.807) is 7.11 Å². The second kappa shape index (κ2) is 13.6. The molecule has 4 N–H and O–H groups in total. The Balaban J connectivity index is 0.00000392. The van der Waals surface area contributed by atoms with Gasteiger partial charge in [0, 0.05) is 6.54 Å². The fourth-order valence-corrected chi connectivity index (χ4v) is 3.20. The van der Waals surface area contributed by atoms with Gasteiger partial charge in [0.2, 0.25) is 11.8 Å². The summed E-state index contributed by atoms with van der Waals surface area (Å²) in [5.74, 6) is 0.332. The number of methoxy groups -OCH3 is 1. The fraction of sp³-hybridized carbons (Fsp3) is 0.600. The minimum absolute atomic E-state index is 0. The van der Waals surface area contributed by atoms with E-state index in [0.717, 1.165) is 24.4 Å². The molecule has 1 fully saturated rings. The van der Waals surface area contributed by atoms with Crippen LogP contribution in [0.15, 0.2) is 24.3 Å². The first-order valence-electron chi connectivity index (χ1n) is 9.60. The summed E-state index contributed by atoms with van der Waals surface area (Å²) in [6.07, 6.45) is 2.34. The highest BCUT2D eigenvalue weighted by Crippen LogP contribution is 2.26. The number of halogens is 2. The molecule has 2 atom stereocenters. The normalized spacial score (nSPS) is 15.6. The number of benzene rings is 1. The van der Waals surface area contributed by atoms with Gasteiger partial charge < -0.3 is 21.1 Å². The molecule has 9 heteroatoms. The van der Waals surface area contributed by atoms with E-state index in [0.29, 0.717) is 6.54 Å². The number of nitrogens with one attached hydrogen (secondary N) is 2. The highest BCUT2D eigenvalue weighted by atomic mass is 35.5. The van der Waals surface area contributed by atoms with Crippen LogP contribution in [-0.2, 0) is 9.59 Å². The van der Waals surface area contributed by atoms with Crippen LogP contribution in [-0.4, -0.2) is 56.0 Å². The quantitative estimate of drug-likeness (QED) is 0.535. The zero-order chi connectivity index (χ0) is 19.8. The molecule has 2 rings (SSSR count). The number of nitrogens with zero attached hydrogens (tertiary/aromatic N) is 1. The van der Waals surface area contributed by atoms with Crippen molar-refractivity contribution < 1.29 is 14.3 Å². The topological polar surface area (TPSA) is 96.7 Å². The zero-order valence-corrected chi connectivity index (χ0v) is 19.0. The van der Waals surface area contributed by atoms with Crippen LogP contribution in [0.2, 0.25) is 0 Å². The highest BCUT2D eigenvalue weighted by Gasteiger charge is 2.24. The molecule has 0 aromatic heterocycles. The van der Waals surface area contributed by atoms with Crippen molar-refractivity contribution in [3.05, 3.63) is 29.8 Å². The van der Waals surface area contributed by atoms with Crippen molar-refractivity contribution in [2.75, 3.05) is 33.3 Å². The van der Waals surface area contributed by atoms with Gasteiger partial charge in [-0.2, -0.15) is 0 Å². The van der Waals surface area contributed by atoms with Crippen molar-refractivity contribution in [3.63, 3.8) is 0 Å². The average Bonchev–Trinajstić information content (AvgIpc) is 3.20. The minimum Gasteiger partial charge on any atom is -0.497 e. The number of likely N-dealkylation sites (tertiary alicyclic amines) is 1. The van der Waals surface area contributed by atoms with E-state index < -0.39 is 6.04 Å². The fourth-order valence-electron chi connectivity index (χ4n) is 3.20. The summed E-state index contributed by atoms with van der Waals surface area (Å²) in [4.78, 5) is 26.5. The summed E-state index contributed by atoms with van der Waals surface area (Å²) in [5.41, 5.74) is 6.93. The minimum atomic E-state index is -0.602. The maximum Gasteiger partial charge on any atom is 0.239 e. The van der Waals surface area contributed by atoms with Crippen molar-refractivity contribution in [1.29, 1.82) is 0 Å². The van der Waals surface area contributed by atoms with E-state index in [4.69, 9.17) is 10.5 Å². The number of ether oxygens (including phenoxy) is 1. The second-order valence-electron chi connectivity index (χ2n) is 7.32. The van der Waals surface area contributed by atoms with Crippen LogP contribution in [0.1, 0.15) is 38.3 Å². The number of carbonyl (C=O) groups excluding carboxylic acids is 2. The number of amides is 2. The third-order valence-corrected chi connectivity index (χ3v) is 5.02. The van der Waals surface area contributed by atoms with Gasteiger partial charge in [0.05, 0.1) is 25.7 Å². The first kappa shape index (κ1) is 27.5. The molecule has 1 aliphatic rings. The summed E-state index contributed by atoms with van der Waals surface area (Å²) in [6, 6.07) is 7.46. The highest BCUT2D eigenvalue weighted by molar-refractivity contribution is 5.87. The second-order valence-corrected chi connectivity index (χ2v) is 7.32. The molecule has 1 unspecified atom stereocenters. The summed E-state index contributed by atoms with van der Waals surface area (Å²) < 4.78 is 5.23. The van der Waals surface area contributed by atoms with Gasteiger partial charge in [-0.05, 0) is 49.5 Å². The van der Waals surface area contributed by atoms with Crippen LogP contribution >= 0.6 is 24.8 Å². The Morgan fingerprint density at radius 2 is 1.69 bits per heavy atom. The van der Waals surface area contributed by atoms with Gasteiger partial charge >= 0.3 is 0 Å². The van der Waals surface area contributed by atoms with E-state index in [-0.39, 0.29) is 55.1 Å². The molecule has 2 amide bonds. The molecule has 1 heterocycles. The number of rotatable bonds is 9. The van der Waals surface area contributed by atoms with Gasteiger partial charge in [0.25, 0.3) is 0 Å². The molecule has 1 aromatic rings. The molecule has 0 bridgehead atoms. The van der Waals surface area contributed by atoms with E-state index in [9.17, 15) is 9.59 Å². The van der Waals surface area contributed by atoms with Gasteiger partial charge in [-0.25, -0.2) is 0 Å². The lowest BCUT2D eigenvalue weighted by Crippen LogP contribution is -2.48. The smallest absolute Gasteiger partial charge is 0.239 e. The van der Waals surface area contributed by atoms with Crippen LogP contribution < -0.4 is 21.1 Å². The van der Waals surface area contributed by atoms with Crippen molar-refractivity contribution >= 4 is 36.6 Å². The standard InChI is InChI=1S/C20H32N4O3.2ClH/c1-14(2)19(21)20(26)23-13-18(25)22-12-17(24-10-4-5-11-24)15-6-8-16(27-3)9-7-15;;/h6-9,14,17,19H,4-5,10-13,21H2,1-3H3,(H,22,25)(H,23,26);2*1H/t17?,19-;;/m0../s1. The molecule has 7 nitrogen and oxygen atoms in total. The van der Waals surface area contributed by atoms with Gasteiger partial charge in [-0.1, -0.05) is 26.0 Å². The number of hydrogen-bond acceptors (Lipinski definition) is 5. The largest absolute Gasteiger partial charge is 0.497 e. The Morgan fingerprint density at radius 3 is 2.21 bits per heavy atom. The Kier molecular flexibility index (Phi) is 12.9. The Bertz CT molecular complexity index is 623. The Morgan fingerprint density at radius 1 is 1.10 bits per heavy atom. The van der Waals surface area contributed by atoms with Gasteiger partial charge in [0.1, 0.15) is 5.75 Å². The molecule has 1 aromatic carbocycles. The molecule has 0 radical (unpaired) electrons. The molecular weight excluding hydrogens is 415 g/mol. The molecule has 0 saturated carbocycles. The first-order chi connectivity index (χ1) is 12.9. The summed E-state index contributed by atoms with van der Waals surface area (Å²) in [5, 5.41) is 5.55. The van der Waals surface area contributed by atoms with Gasteiger partial charge in [-0.3, -0.25) is 14.5 Å². The van der Waals surface area contributed by atoms with Crippen LogP contribution in [0.25, 0.3) is 0 Å². The predicted molar refractivity (Wildman–Crippen MR) is 120 cm³/mol. The van der Waals surface area contributed by atoms with E-state index in [2.05, 4.69) is 15.5 Å². The Hall–Kier alpha value is -1.54. The molecule has 1 aliphatic heterocycles. The molecule has 0 spiro atoms. The van der Waals surface area contributed by atoms with Gasteiger partial charge in [0.15, 0.2) is 0 Å². The van der Waals surface area contributed by atoms with E-state index in [1.165, 1.54) is 12.8 Å². The van der Waals surface area contributed by atoms with Crippen LogP contribution in [0, 0.1) is 5.92 Å². The van der Waals surface area contributed by atoms with E-state index in [1.807, 2.05) is 38.1 Å². The number of carbonyl (C=O) groups is 2. The van der Waals surface area contributed by atoms with Gasteiger partial charge in [-0.15, -0.1) is 24.8 Å². The third kappa shape index (κ3) is 8.38. The number of nitrogens with two attached hydrogens (primary N) is 1. The summed E-state index contributed by atoms with van der Waals surface area (Å²) >= 11 is 0. The van der Waals surface area contributed by atoms with E-state index >= 15 is 0 Å². The maximum atomic E-state index is 12.2. The van der Waals surface area contributed by atoms with Crippen LogP contribution in [0.3, 0.4) is 0 Å². The monoisotopic (exact) mass is 448 g/mol. The molecular formula is C20H34Cl2N4O3. The summed E-state index contributed by atoms with van der Waals surface area (Å²) in [7, 11) is 1.65. The van der Waals surface area contributed by atoms with Crippen molar-refractivity contribution in [2.24, 2.45) is 11.7 Å². The molecule has 1 saturated heterocycles. The van der Waals surface area contributed by atoms with Crippen molar-refractivity contribution in [3.8, 4) is 5.75 Å². The zero-order valence-electron chi connectivity index (χ0n) is 17.3. The molecule has 29 heavy (non-hydrogen) atoms. The predicted octanol–water partition coefficient (Wildman–Crippen LogP) is 1.89. The lowest BCUT2D eigenvalue weighted by atomic mass is 10.0. The molecule has 0 aliphatic carbocycles. The van der Waals surface area contributed by atoms with Crippen LogP contribution in [0.4, 0.5) is 0 Å². The third-order valence-electron chi connectivity index (χ3n) is 5.02. The maximum absolute atomic E-state index is 12.2. The average molecular weight is 449 g/mol. The van der Waals surface area contributed by atoms with Crippen molar-refractivity contribution in [1.82, 2.24) is 15.5 Å². The lowest BCUT2D eigenvalue weighted by Gasteiger charge is -2.28. The Labute approximate surface area is 185 Å². The summed E-state index contributed by atoms with van der Waals surface area (Å²) in [6.45, 7) is 6.23. The lowest BCUT2D eigenvalue weighted by molar-refractivity contribution is -0.127. The van der Waals surface area contributed by atoms with Crippen molar-refractivity contribution in [2.45, 2.75) is 38.8 Å².